The number of nitrogens with one attached hydrogen (secondary N) is 1. The molecule has 0 saturated heterocycles. The maximum absolute atomic E-state index is 11.4. The van der Waals surface area contributed by atoms with E-state index in [9.17, 15) is 4.79 Å². The van der Waals surface area contributed by atoms with Gasteiger partial charge >= 0.3 is 0 Å². The highest BCUT2D eigenvalue weighted by Crippen LogP contribution is 2.01. The molecule has 1 rings (SSSR count). The van der Waals surface area contributed by atoms with Crippen LogP contribution in [0.2, 0.25) is 0 Å². The highest BCUT2D eigenvalue weighted by Gasteiger charge is 2.09. The number of aryl methyl sites for hydroxylation is 1. The van der Waals surface area contributed by atoms with Crippen molar-refractivity contribution in [2.45, 2.75) is 25.8 Å². The second-order valence-corrected chi connectivity index (χ2v) is 3.13. The molecule has 0 fully saturated rings. The van der Waals surface area contributed by atoms with Crippen LogP contribution in [0.4, 0.5) is 5.95 Å². The number of carbonyl (C=O) groups excluding carboxylic acids is 1. The maximum atomic E-state index is 11.4. The molecule has 0 aliphatic heterocycles. The van der Waals surface area contributed by atoms with Crippen LogP contribution in [-0.2, 0) is 11.8 Å². The van der Waals surface area contributed by atoms with Gasteiger partial charge in [-0.15, -0.1) is 0 Å². The Morgan fingerprint density at radius 3 is 3.00 bits per heavy atom. The van der Waals surface area contributed by atoms with Crippen molar-refractivity contribution < 1.29 is 4.79 Å². The minimum absolute atomic E-state index is 0.0942. The molecule has 6 heteroatoms. The van der Waals surface area contributed by atoms with Crippen LogP contribution in [0.3, 0.4) is 0 Å². The van der Waals surface area contributed by atoms with Crippen LogP contribution in [0.5, 0.6) is 0 Å². The van der Waals surface area contributed by atoms with Crippen LogP contribution in [0, 0.1) is 0 Å². The van der Waals surface area contributed by atoms with E-state index < -0.39 is 0 Å². The Bertz CT molecular complexity index is 308. The van der Waals surface area contributed by atoms with Crippen LogP contribution in [0.15, 0.2) is 6.33 Å². The summed E-state index contributed by atoms with van der Waals surface area (Å²) in [6.07, 6.45) is 2.48. The summed E-state index contributed by atoms with van der Waals surface area (Å²) in [5, 5.41) is 6.45. The Balaban J connectivity index is 2.45. The minimum atomic E-state index is -0.129. The summed E-state index contributed by atoms with van der Waals surface area (Å²) in [4.78, 5) is 15.2. The number of hydrogen-bond acceptors (Lipinski definition) is 4. The molecule has 1 amide bonds. The molecule has 0 bridgehead atoms. The molecule has 1 atom stereocenters. The lowest BCUT2D eigenvalue weighted by atomic mass is 10.1. The number of nitrogens with two attached hydrogens (primary N) is 1. The van der Waals surface area contributed by atoms with Crippen molar-refractivity contribution in [2.75, 3.05) is 5.32 Å². The van der Waals surface area contributed by atoms with Crippen molar-refractivity contribution in [3.05, 3.63) is 6.33 Å². The third-order valence-electron chi connectivity index (χ3n) is 1.93. The highest BCUT2D eigenvalue weighted by molar-refractivity contribution is 5.89. The van der Waals surface area contributed by atoms with E-state index in [0.717, 1.165) is 6.42 Å². The first-order chi connectivity index (χ1) is 6.63. The molecule has 0 spiro atoms. The predicted molar refractivity (Wildman–Crippen MR) is 52.5 cm³/mol. The normalized spacial score (nSPS) is 12.5. The van der Waals surface area contributed by atoms with E-state index in [4.69, 9.17) is 5.73 Å². The van der Waals surface area contributed by atoms with Crippen LogP contribution in [-0.4, -0.2) is 26.7 Å². The van der Waals surface area contributed by atoms with Gasteiger partial charge in [-0.2, -0.15) is 10.1 Å². The van der Waals surface area contributed by atoms with Crippen molar-refractivity contribution in [2.24, 2.45) is 12.8 Å². The van der Waals surface area contributed by atoms with Gasteiger partial charge in [-0.3, -0.25) is 10.1 Å². The molecule has 1 heterocycles. The van der Waals surface area contributed by atoms with Crippen molar-refractivity contribution in [1.82, 2.24) is 14.8 Å². The van der Waals surface area contributed by atoms with E-state index >= 15 is 0 Å². The molecule has 0 radical (unpaired) electrons. The Hall–Kier alpha value is -1.43. The smallest absolute Gasteiger partial charge is 0.228 e. The average molecular weight is 197 g/mol. The van der Waals surface area contributed by atoms with Crippen molar-refractivity contribution in [3.63, 3.8) is 0 Å². The highest BCUT2D eigenvalue weighted by atomic mass is 16.1. The summed E-state index contributed by atoms with van der Waals surface area (Å²) in [5.41, 5.74) is 5.64. The third-order valence-corrected chi connectivity index (χ3v) is 1.93. The number of anilines is 1. The quantitative estimate of drug-likeness (QED) is 0.704. The Labute approximate surface area is 82.5 Å². The summed E-state index contributed by atoms with van der Waals surface area (Å²) in [7, 11) is 1.71. The summed E-state index contributed by atoms with van der Waals surface area (Å²) >= 11 is 0. The molecule has 1 aromatic rings. The zero-order chi connectivity index (χ0) is 10.6. The number of hydrogen-bond donors (Lipinski definition) is 2. The summed E-state index contributed by atoms with van der Waals surface area (Å²) in [6.45, 7) is 1.94. The molecule has 6 nitrogen and oxygen atoms in total. The largest absolute Gasteiger partial charge is 0.327 e. The zero-order valence-electron chi connectivity index (χ0n) is 8.40. The van der Waals surface area contributed by atoms with Crippen LogP contribution in [0.1, 0.15) is 19.8 Å². The maximum Gasteiger partial charge on any atom is 0.228 e. The van der Waals surface area contributed by atoms with E-state index in [1.165, 1.54) is 11.0 Å². The molecule has 1 aromatic heterocycles. The van der Waals surface area contributed by atoms with E-state index in [1.807, 2.05) is 6.92 Å². The number of carbonyl (C=O) groups is 1. The van der Waals surface area contributed by atoms with Gasteiger partial charge < -0.3 is 5.73 Å². The minimum Gasteiger partial charge on any atom is -0.327 e. The molecule has 3 N–H and O–H groups in total. The van der Waals surface area contributed by atoms with Gasteiger partial charge in [0.25, 0.3) is 0 Å². The Morgan fingerprint density at radius 1 is 1.79 bits per heavy atom. The van der Waals surface area contributed by atoms with Gasteiger partial charge in [-0.05, 0) is 6.42 Å². The standard InChI is InChI=1S/C8H15N5O/c1-3-6(9)4-7(14)12-8-10-5-11-13(8)2/h5-6H,3-4,9H2,1-2H3,(H,10,11,12,14). The van der Waals surface area contributed by atoms with Gasteiger partial charge in [-0.1, -0.05) is 6.92 Å². The van der Waals surface area contributed by atoms with Gasteiger partial charge in [0.2, 0.25) is 11.9 Å². The van der Waals surface area contributed by atoms with Gasteiger partial charge in [0.15, 0.2) is 0 Å². The second kappa shape index (κ2) is 4.71. The average Bonchev–Trinajstić information content (AvgIpc) is 2.51. The van der Waals surface area contributed by atoms with Crippen molar-refractivity contribution >= 4 is 11.9 Å². The van der Waals surface area contributed by atoms with Crippen LogP contribution >= 0.6 is 0 Å². The molecule has 0 aliphatic carbocycles. The van der Waals surface area contributed by atoms with E-state index in [2.05, 4.69) is 15.4 Å². The molecular weight excluding hydrogens is 182 g/mol. The van der Waals surface area contributed by atoms with Gasteiger partial charge in [-0.25, -0.2) is 4.68 Å². The van der Waals surface area contributed by atoms with Crippen molar-refractivity contribution in [1.29, 1.82) is 0 Å². The summed E-state index contributed by atoms with van der Waals surface area (Å²) in [5.74, 6) is 0.314. The lowest BCUT2D eigenvalue weighted by Crippen LogP contribution is -2.27. The van der Waals surface area contributed by atoms with Gasteiger partial charge in [0, 0.05) is 19.5 Å². The molecule has 0 aromatic carbocycles. The molecule has 0 aliphatic rings. The lowest BCUT2D eigenvalue weighted by Gasteiger charge is -2.08. The third kappa shape index (κ3) is 2.81. The zero-order valence-corrected chi connectivity index (χ0v) is 8.40. The summed E-state index contributed by atoms with van der Waals surface area (Å²) < 4.78 is 1.50. The molecule has 1 unspecified atom stereocenters. The fraction of sp³-hybridized carbons (Fsp3) is 0.625. The van der Waals surface area contributed by atoms with Crippen molar-refractivity contribution in [3.8, 4) is 0 Å². The fourth-order valence-electron chi connectivity index (χ4n) is 0.968. The van der Waals surface area contributed by atoms with Crippen LogP contribution in [0.25, 0.3) is 0 Å². The predicted octanol–water partition coefficient (Wildman–Crippen LogP) is -0.119. The van der Waals surface area contributed by atoms with Gasteiger partial charge in [0.05, 0.1) is 0 Å². The molecular formula is C8H15N5O. The van der Waals surface area contributed by atoms with E-state index in [0.29, 0.717) is 12.4 Å². The van der Waals surface area contributed by atoms with E-state index in [-0.39, 0.29) is 11.9 Å². The molecule has 78 valence electrons. The van der Waals surface area contributed by atoms with E-state index in [1.54, 1.807) is 7.05 Å². The lowest BCUT2D eigenvalue weighted by molar-refractivity contribution is -0.116. The SMILES string of the molecule is CCC(N)CC(=O)Nc1ncnn1C. The number of amides is 1. The molecule has 14 heavy (non-hydrogen) atoms. The fourth-order valence-corrected chi connectivity index (χ4v) is 0.968. The van der Waals surface area contributed by atoms with Gasteiger partial charge in [0.1, 0.15) is 6.33 Å². The number of aromatic nitrogens is 3. The first-order valence-corrected chi connectivity index (χ1v) is 4.53. The first-order valence-electron chi connectivity index (χ1n) is 4.53. The molecule has 0 saturated carbocycles. The number of rotatable bonds is 4. The second-order valence-electron chi connectivity index (χ2n) is 3.13. The Morgan fingerprint density at radius 2 is 2.50 bits per heavy atom. The number of nitrogens with zero attached hydrogens (tertiary/aromatic N) is 3. The van der Waals surface area contributed by atoms with Crippen LogP contribution < -0.4 is 11.1 Å². The monoisotopic (exact) mass is 197 g/mol. The summed E-state index contributed by atoms with van der Waals surface area (Å²) in [6, 6.07) is -0.0942. The Kier molecular flexibility index (Phi) is 3.58. The topological polar surface area (TPSA) is 85.8 Å². The first kappa shape index (κ1) is 10.6.